The molecule has 0 amide bonds. The largest absolute Gasteiger partial charge is 0.308 e. The first kappa shape index (κ1) is 40.5. The van der Waals surface area contributed by atoms with Gasteiger partial charge >= 0.3 is 0 Å². The van der Waals surface area contributed by atoms with Crippen LogP contribution in [0, 0.1) is 0 Å². The zero-order valence-electron chi connectivity index (χ0n) is 38.3. The monoisotopic (exact) mass is 907 g/mol. The van der Waals surface area contributed by atoms with E-state index in [0.29, 0.717) is 0 Å². The maximum absolute atomic E-state index is 2.54. The Balaban J connectivity index is 0.986. The molecule has 0 atom stereocenters. The van der Waals surface area contributed by atoms with Crippen molar-refractivity contribution < 1.29 is 0 Å². The van der Waals surface area contributed by atoms with Crippen LogP contribution < -0.4 is 4.90 Å². The Morgan fingerprint density at radius 2 is 0.757 bits per heavy atom. The van der Waals surface area contributed by atoms with Gasteiger partial charge in [-0.1, -0.05) is 237 Å². The van der Waals surface area contributed by atoms with E-state index in [4.69, 9.17) is 0 Å². The van der Waals surface area contributed by atoms with Crippen LogP contribution >= 0.6 is 11.3 Å². The summed E-state index contributed by atoms with van der Waals surface area (Å²) in [6.07, 6.45) is 0. The van der Waals surface area contributed by atoms with Gasteiger partial charge in [-0.25, -0.2) is 0 Å². The standard InChI is InChI=1S/C68H45NS/c1-5-21-48(22-6-1)67(49-23-7-2-8-24-49)59-34-17-14-31-57(59)65-60(67)35-20-36-62(65)69(63-37-19-32-56-55-30-15-18-38-64(55)70-66(56)63)52-42-39-46(40-43-52)47-41-44-54-53-29-13-16-33-58(53)68(61(54)45-47,50-25-9-3-10-26-50)51-27-11-4-12-28-51/h1-45H. The predicted octanol–water partition coefficient (Wildman–Crippen LogP) is 17.9. The fourth-order valence-corrected chi connectivity index (χ4v) is 13.6. The molecule has 0 saturated carbocycles. The third-order valence-corrected chi connectivity index (χ3v) is 16.5. The number of rotatable bonds is 8. The van der Waals surface area contributed by atoms with Gasteiger partial charge in [-0.05, 0) is 109 Å². The topological polar surface area (TPSA) is 3.24 Å². The second kappa shape index (κ2) is 16.0. The molecule has 1 nitrogen and oxygen atoms in total. The molecule has 328 valence electrons. The van der Waals surface area contributed by atoms with E-state index in [0.717, 1.165) is 11.4 Å². The number of thiophene rings is 1. The van der Waals surface area contributed by atoms with Crippen LogP contribution in [-0.4, -0.2) is 0 Å². The summed E-state index contributed by atoms with van der Waals surface area (Å²) in [5, 5.41) is 2.56. The molecule has 0 spiro atoms. The fourth-order valence-electron chi connectivity index (χ4n) is 12.4. The van der Waals surface area contributed by atoms with Crippen molar-refractivity contribution in [1.29, 1.82) is 0 Å². The molecule has 70 heavy (non-hydrogen) atoms. The zero-order chi connectivity index (χ0) is 46.2. The summed E-state index contributed by atoms with van der Waals surface area (Å²) in [6, 6.07) is 102. The van der Waals surface area contributed by atoms with E-state index in [1.165, 1.54) is 104 Å². The van der Waals surface area contributed by atoms with Crippen LogP contribution in [0.4, 0.5) is 17.1 Å². The number of nitrogens with zero attached hydrogens (tertiary/aromatic N) is 1. The van der Waals surface area contributed by atoms with E-state index in [-0.39, 0.29) is 0 Å². The lowest BCUT2D eigenvalue weighted by atomic mass is 9.67. The Morgan fingerprint density at radius 3 is 1.40 bits per heavy atom. The highest BCUT2D eigenvalue weighted by molar-refractivity contribution is 7.26. The number of hydrogen-bond acceptors (Lipinski definition) is 2. The Kier molecular flexibility index (Phi) is 9.27. The Labute approximate surface area is 412 Å². The third kappa shape index (κ3) is 5.78. The quantitative estimate of drug-likeness (QED) is 0.147. The molecule has 2 heteroatoms. The van der Waals surface area contributed by atoms with Gasteiger partial charge in [0.05, 0.1) is 26.9 Å². The lowest BCUT2D eigenvalue weighted by molar-refractivity contribution is 0.768. The molecule has 2 aliphatic rings. The molecule has 0 aliphatic heterocycles. The molecule has 2 aliphatic carbocycles. The summed E-state index contributed by atoms with van der Waals surface area (Å²) in [7, 11) is 0. The minimum Gasteiger partial charge on any atom is -0.308 e. The van der Waals surface area contributed by atoms with Crippen molar-refractivity contribution in [3.8, 4) is 33.4 Å². The maximum Gasteiger partial charge on any atom is 0.0714 e. The lowest BCUT2D eigenvalue weighted by Gasteiger charge is -2.34. The minimum absolute atomic E-state index is 0.469. The second-order valence-corrected chi connectivity index (χ2v) is 19.7. The van der Waals surface area contributed by atoms with Gasteiger partial charge in [-0.15, -0.1) is 11.3 Å². The normalized spacial score (nSPS) is 13.7. The van der Waals surface area contributed by atoms with Crippen molar-refractivity contribution in [3.63, 3.8) is 0 Å². The molecule has 1 aromatic heterocycles. The van der Waals surface area contributed by atoms with Gasteiger partial charge in [-0.3, -0.25) is 0 Å². The van der Waals surface area contributed by atoms with Crippen molar-refractivity contribution in [2.24, 2.45) is 0 Å². The zero-order valence-corrected chi connectivity index (χ0v) is 39.2. The molecule has 0 radical (unpaired) electrons. The average Bonchev–Trinajstić information content (AvgIpc) is 4.08. The van der Waals surface area contributed by atoms with Crippen molar-refractivity contribution in [1.82, 2.24) is 0 Å². The molecule has 0 bridgehead atoms. The molecule has 0 fully saturated rings. The first-order valence-corrected chi connectivity index (χ1v) is 25.1. The highest BCUT2D eigenvalue weighted by atomic mass is 32.1. The SMILES string of the molecule is c1ccc(C2(c3ccccc3)c3ccccc3-c3ccc(-c4ccc(N(c5cccc6c5-c5ccccc5C6(c5ccccc5)c5ccccc5)c5cccc6c5sc5ccccc56)cc4)cc32)cc1. The van der Waals surface area contributed by atoms with Gasteiger partial charge in [0.15, 0.2) is 0 Å². The minimum atomic E-state index is -0.522. The number of anilines is 3. The molecular weight excluding hydrogens is 863 g/mol. The van der Waals surface area contributed by atoms with Crippen LogP contribution in [0.5, 0.6) is 0 Å². The lowest BCUT2D eigenvalue weighted by Crippen LogP contribution is -2.28. The Morgan fingerprint density at radius 1 is 0.300 bits per heavy atom. The van der Waals surface area contributed by atoms with Crippen molar-refractivity contribution >= 4 is 48.6 Å². The van der Waals surface area contributed by atoms with Gasteiger partial charge in [0.2, 0.25) is 0 Å². The number of fused-ring (bicyclic) bond motifs is 9. The average molecular weight is 908 g/mol. The summed E-state index contributed by atoms with van der Waals surface area (Å²) in [5.74, 6) is 0. The molecule has 1 heterocycles. The summed E-state index contributed by atoms with van der Waals surface area (Å²) >= 11 is 1.88. The van der Waals surface area contributed by atoms with Gasteiger partial charge in [0.1, 0.15) is 0 Å². The molecular formula is C68H45NS. The number of hydrogen-bond donors (Lipinski definition) is 0. The van der Waals surface area contributed by atoms with Crippen molar-refractivity contribution in [3.05, 3.63) is 317 Å². The van der Waals surface area contributed by atoms with E-state index < -0.39 is 10.8 Å². The first-order valence-electron chi connectivity index (χ1n) is 24.3. The highest BCUT2D eigenvalue weighted by Crippen LogP contribution is 2.61. The summed E-state index contributed by atoms with van der Waals surface area (Å²) in [4.78, 5) is 2.54. The molecule has 0 unspecified atom stereocenters. The second-order valence-electron chi connectivity index (χ2n) is 18.6. The first-order chi connectivity index (χ1) is 34.7. The smallest absolute Gasteiger partial charge is 0.0714 e. The molecule has 0 N–H and O–H groups in total. The maximum atomic E-state index is 2.54. The fraction of sp³-hybridized carbons (Fsp3) is 0.0294. The van der Waals surface area contributed by atoms with Crippen molar-refractivity contribution in [2.45, 2.75) is 10.8 Å². The van der Waals surface area contributed by atoms with E-state index in [9.17, 15) is 0 Å². The van der Waals surface area contributed by atoms with Crippen LogP contribution in [0.25, 0.3) is 53.6 Å². The van der Waals surface area contributed by atoms with Crippen LogP contribution in [0.15, 0.2) is 273 Å². The van der Waals surface area contributed by atoms with Crippen LogP contribution in [0.1, 0.15) is 44.5 Å². The van der Waals surface area contributed by atoms with E-state index in [1.54, 1.807) is 0 Å². The molecule has 14 rings (SSSR count). The van der Waals surface area contributed by atoms with Crippen molar-refractivity contribution in [2.75, 3.05) is 4.90 Å². The molecule has 11 aromatic carbocycles. The highest BCUT2D eigenvalue weighted by Gasteiger charge is 2.48. The predicted molar refractivity (Wildman–Crippen MR) is 294 cm³/mol. The summed E-state index contributed by atoms with van der Waals surface area (Å²) in [5.41, 5.74) is 20.2. The van der Waals surface area contributed by atoms with E-state index in [2.05, 4.69) is 278 Å². The van der Waals surface area contributed by atoms with Crippen LogP contribution in [0.3, 0.4) is 0 Å². The van der Waals surface area contributed by atoms with Gasteiger partial charge in [0.25, 0.3) is 0 Å². The van der Waals surface area contributed by atoms with E-state index in [1.807, 2.05) is 11.3 Å². The summed E-state index contributed by atoms with van der Waals surface area (Å²) < 4.78 is 2.56. The van der Waals surface area contributed by atoms with E-state index >= 15 is 0 Å². The summed E-state index contributed by atoms with van der Waals surface area (Å²) in [6.45, 7) is 0. The Bertz CT molecular complexity index is 3850. The third-order valence-electron chi connectivity index (χ3n) is 15.2. The van der Waals surface area contributed by atoms with Crippen LogP contribution in [0.2, 0.25) is 0 Å². The van der Waals surface area contributed by atoms with Gasteiger partial charge < -0.3 is 4.90 Å². The molecule has 12 aromatic rings. The van der Waals surface area contributed by atoms with Gasteiger partial charge in [-0.2, -0.15) is 0 Å². The molecule has 0 saturated heterocycles. The number of benzene rings is 11. The van der Waals surface area contributed by atoms with Crippen LogP contribution in [-0.2, 0) is 10.8 Å². The Hall–Kier alpha value is -8.56. The van der Waals surface area contributed by atoms with Gasteiger partial charge in [0, 0.05) is 26.7 Å².